The van der Waals surface area contributed by atoms with Crippen molar-refractivity contribution in [3.8, 4) is 5.75 Å². The predicted octanol–water partition coefficient (Wildman–Crippen LogP) is 4.84. The molecule has 1 unspecified atom stereocenters. The number of anilines is 2. The van der Waals surface area contributed by atoms with E-state index in [-0.39, 0.29) is 39.5 Å². The van der Waals surface area contributed by atoms with Gasteiger partial charge in [-0.25, -0.2) is 19.2 Å². The van der Waals surface area contributed by atoms with Crippen LogP contribution in [0.1, 0.15) is 28.9 Å². The number of nitrogens with one attached hydrogen (secondary N) is 3. The second-order valence-corrected chi connectivity index (χ2v) is 8.92. The van der Waals surface area contributed by atoms with Crippen LogP contribution < -0.4 is 20.7 Å². The molecule has 5 rings (SSSR count). The van der Waals surface area contributed by atoms with E-state index in [2.05, 4.69) is 25.9 Å². The Labute approximate surface area is 232 Å². The van der Waals surface area contributed by atoms with Gasteiger partial charge in [0.05, 0.1) is 30.4 Å². The number of amides is 1. The average Bonchev–Trinajstić information content (AvgIpc) is 3.33. The molecule has 1 atom stereocenters. The van der Waals surface area contributed by atoms with Gasteiger partial charge in [0.1, 0.15) is 28.9 Å². The average molecular weight is 565 g/mol. The van der Waals surface area contributed by atoms with Crippen LogP contribution in [0.2, 0.25) is 5.02 Å². The van der Waals surface area contributed by atoms with Crippen molar-refractivity contribution in [3.63, 3.8) is 0 Å². The molecule has 11 nitrogen and oxygen atoms in total. The van der Waals surface area contributed by atoms with Gasteiger partial charge in [-0.1, -0.05) is 23.7 Å². The molecule has 13 heteroatoms. The molecular weight excluding hydrogens is 543 g/mol. The van der Waals surface area contributed by atoms with Crippen molar-refractivity contribution in [2.75, 3.05) is 24.9 Å². The van der Waals surface area contributed by atoms with Crippen LogP contribution in [-0.4, -0.2) is 42.0 Å². The van der Waals surface area contributed by atoms with Gasteiger partial charge in [-0.05, 0) is 37.3 Å². The molecule has 3 heterocycles. The first kappa shape index (κ1) is 26.6. The maximum absolute atomic E-state index is 13.6. The van der Waals surface area contributed by atoms with Crippen molar-refractivity contribution in [1.29, 1.82) is 0 Å². The van der Waals surface area contributed by atoms with Gasteiger partial charge in [-0.2, -0.15) is 4.98 Å². The SMILES string of the molecule is COC(=O)c1ccnc(NC(=O)C2=C(C)NC(Nc3nc4ccc(F)cc4o3)=NC2c2cccc(OC)c2Cl)c1. The van der Waals surface area contributed by atoms with E-state index in [1.165, 1.54) is 50.7 Å². The zero-order valence-corrected chi connectivity index (χ0v) is 22.2. The van der Waals surface area contributed by atoms with Gasteiger partial charge < -0.3 is 24.5 Å². The molecule has 1 aliphatic rings. The van der Waals surface area contributed by atoms with E-state index >= 15 is 0 Å². The molecule has 0 fully saturated rings. The molecule has 204 valence electrons. The first-order valence-electron chi connectivity index (χ1n) is 11.8. The first-order chi connectivity index (χ1) is 19.3. The summed E-state index contributed by atoms with van der Waals surface area (Å²) in [7, 11) is 2.74. The third-order valence-corrected chi connectivity index (χ3v) is 6.40. The van der Waals surface area contributed by atoms with Crippen LogP contribution in [0.25, 0.3) is 11.1 Å². The zero-order valence-electron chi connectivity index (χ0n) is 21.4. The predicted molar refractivity (Wildman–Crippen MR) is 146 cm³/mol. The molecule has 0 spiro atoms. The van der Waals surface area contributed by atoms with E-state index in [4.69, 9.17) is 30.5 Å². The first-order valence-corrected chi connectivity index (χ1v) is 12.2. The summed E-state index contributed by atoms with van der Waals surface area (Å²) >= 11 is 6.65. The number of allylic oxidation sites excluding steroid dienone is 1. The summed E-state index contributed by atoms with van der Waals surface area (Å²) in [4.78, 5) is 38.7. The molecule has 1 aliphatic heterocycles. The number of oxazole rings is 1. The molecule has 40 heavy (non-hydrogen) atoms. The number of halogens is 2. The number of hydrogen-bond acceptors (Lipinski definition) is 10. The molecular formula is C27H22ClFN6O5. The number of aromatic nitrogens is 2. The highest BCUT2D eigenvalue weighted by atomic mass is 35.5. The molecule has 4 aromatic rings. The van der Waals surface area contributed by atoms with Crippen LogP contribution in [0.3, 0.4) is 0 Å². The standard InChI is InChI=1S/C27H22ClFN6O5/c1-13-21(24(36)33-20-11-14(9-10-30-20)25(37)39-3)23(16-5-4-6-18(38-2)22(16)28)34-26(31-13)35-27-32-17-8-7-15(29)12-19(17)40-27/h4-12,23H,1-3H3,(H,30,33,36)(H2,31,32,34,35). The van der Waals surface area contributed by atoms with Gasteiger partial charge in [-0.15, -0.1) is 0 Å². The molecule has 3 N–H and O–H groups in total. The van der Waals surface area contributed by atoms with Crippen LogP contribution in [0.15, 0.2) is 75.4 Å². The van der Waals surface area contributed by atoms with Crippen LogP contribution >= 0.6 is 11.6 Å². The molecule has 0 saturated carbocycles. The van der Waals surface area contributed by atoms with Crippen molar-refractivity contribution in [1.82, 2.24) is 15.3 Å². The summed E-state index contributed by atoms with van der Waals surface area (Å²) in [6, 6.07) is 11.2. The fourth-order valence-electron chi connectivity index (χ4n) is 4.14. The number of benzene rings is 2. The topological polar surface area (TPSA) is 140 Å². The molecule has 1 amide bonds. The molecule has 2 aromatic carbocycles. The fraction of sp³-hybridized carbons (Fsp3) is 0.148. The molecule has 0 saturated heterocycles. The minimum atomic E-state index is -0.906. The maximum atomic E-state index is 13.6. The number of pyridine rings is 1. The Morgan fingerprint density at radius 2 is 1.98 bits per heavy atom. The van der Waals surface area contributed by atoms with Crippen molar-refractivity contribution < 1.29 is 27.9 Å². The van der Waals surface area contributed by atoms with Crippen LogP contribution in [0.5, 0.6) is 5.75 Å². The quantitative estimate of drug-likeness (QED) is 0.281. The van der Waals surface area contributed by atoms with Crippen LogP contribution in [-0.2, 0) is 9.53 Å². The van der Waals surface area contributed by atoms with Gasteiger partial charge in [-0.3, -0.25) is 10.1 Å². The van der Waals surface area contributed by atoms with Gasteiger partial charge in [0.2, 0.25) is 5.96 Å². The molecule has 0 aliphatic carbocycles. The highest BCUT2D eigenvalue weighted by Crippen LogP contribution is 2.39. The van der Waals surface area contributed by atoms with Crippen molar-refractivity contribution in [2.45, 2.75) is 13.0 Å². The molecule has 0 radical (unpaired) electrons. The maximum Gasteiger partial charge on any atom is 0.338 e. The summed E-state index contributed by atoms with van der Waals surface area (Å²) in [5.74, 6) is -0.837. The Bertz CT molecular complexity index is 1700. The van der Waals surface area contributed by atoms with Crippen molar-refractivity contribution in [3.05, 3.63) is 88.0 Å². The number of aliphatic imine (C=N–C) groups is 1. The van der Waals surface area contributed by atoms with E-state index < -0.39 is 23.7 Å². The normalized spacial score (nSPS) is 14.8. The van der Waals surface area contributed by atoms with Gasteiger partial charge in [0, 0.05) is 23.5 Å². The Kier molecular flexibility index (Phi) is 7.34. The summed E-state index contributed by atoms with van der Waals surface area (Å²) in [5, 5.41) is 8.95. The summed E-state index contributed by atoms with van der Waals surface area (Å²) < 4.78 is 29.3. The number of nitrogens with zero attached hydrogens (tertiary/aromatic N) is 3. The highest BCUT2D eigenvalue weighted by molar-refractivity contribution is 6.33. The number of carbonyl (C=O) groups is 2. The smallest absolute Gasteiger partial charge is 0.338 e. The van der Waals surface area contributed by atoms with Crippen LogP contribution in [0, 0.1) is 5.82 Å². The Balaban J connectivity index is 1.51. The Morgan fingerprint density at radius 1 is 1.15 bits per heavy atom. The minimum absolute atomic E-state index is 0.0619. The largest absolute Gasteiger partial charge is 0.495 e. The van der Waals surface area contributed by atoms with E-state index in [0.717, 1.165) is 0 Å². The lowest BCUT2D eigenvalue weighted by Gasteiger charge is -2.27. The van der Waals surface area contributed by atoms with Crippen LogP contribution in [0.4, 0.5) is 16.2 Å². The summed E-state index contributed by atoms with van der Waals surface area (Å²) in [5.41, 5.74) is 2.07. The molecule has 2 aromatic heterocycles. The third kappa shape index (κ3) is 5.29. The fourth-order valence-corrected chi connectivity index (χ4v) is 4.44. The van der Waals surface area contributed by atoms with Gasteiger partial charge >= 0.3 is 12.0 Å². The van der Waals surface area contributed by atoms with E-state index in [1.807, 2.05) is 0 Å². The van der Waals surface area contributed by atoms with E-state index in [9.17, 15) is 14.0 Å². The number of rotatable bonds is 6. The van der Waals surface area contributed by atoms with E-state index in [0.29, 0.717) is 22.5 Å². The second kappa shape index (κ2) is 11.0. The number of fused-ring (bicyclic) bond motifs is 1. The second-order valence-electron chi connectivity index (χ2n) is 8.54. The van der Waals surface area contributed by atoms with Gasteiger partial charge in [0.15, 0.2) is 5.58 Å². The number of carbonyl (C=O) groups excluding carboxylic acids is 2. The number of hydrogen-bond donors (Lipinski definition) is 3. The summed E-state index contributed by atoms with van der Waals surface area (Å²) in [6.07, 6.45) is 1.38. The number of guanidine groups is 1. The third-order valence-electron chi connectivity index (χ3n) is 5.99. The zero-order chi connectivity index (χ0) is 28.4. The minimum Gasteiger partial charge on any atom is -0.495 e. The lowest BCUT2D eigenvalue weighted by atomic mass is 9.95. The Morgan fingerprint density at radius 3 is 2.75 bits per heavy atom. The van der Waals surface area contributed by atoms with Crippen molar-refractivity contribution >= 4 is 52.4 Å². The number of ether oxygens (including phenoxy) is 2. The Hall–Kier alpha value is -4.97. The summed E-state index contributed by atoms with van der Waals surface area (Å²) in [6.45, 7) is 1.69. The monoisotopic (exact) mass is 564 g/mol. The number of esters is 1. The lowest BCUT2D eigenvalue weighted by molar-refractivity contribution is -0.113. The molecule has 0 bridgehead atoms. The highest BCUT2D eigenvalue weighted by Gasteiger charge is 2.32. The number of methoxy groups -OCH3 is 2. The lowest BCUT2D eigenvalue weighted by Crippen LogP contribution is -2.37. The van der Waals surface area contributed by atoms with Crippen molar-refractivity contribution in [2.24, 2.45) is 4.99 Å². The van der Waals surface area contributed by atoms with Gasteiger partial charge in [0.25, 0.3) is 5.91 Å². The van der Waals surface area contributed by atoms with E-state index in [1.54, 1.807) is 25.1 Å².